The Morgan fingerprint density at radius 2 is 2.10 bits per heavy atom. The van der Waals surface area contributed by atoms with Crippen molar-refractivity contribution in [3.63, 3.8) is 0 Å². The van der Waals surface area contributed by atoms with Gasteiger partial charge >= 0.3 is 5.97 Å². The third kappa shape index (κ3) is 3.49. The van der Waals surface area contributed by atoms with Crippen LogP contribution in [0.2, 0.25) is 0 Å². The fourth-order valence-corrected chi connectivity index (χ4v) is 2.31. The van der Waals surface area contributed by atoms with E-state index < -0.39 is 10.9 Å². The second-order valence-electron chi connectivity index (χ2n) is 5.28. The molecule has 21 heavy (non-hydrogen) atoms. The molecule has 0 aliphatic carbocycles. The highest BCUT2D eigenvalue weighted by Gasteiger charge is 2.30. The lowest BCUT2D eigenvalue weighted by Gasteiger charge is -2.35. The first-order chi connectivity index (χ1) is 9.95. The highest BCUT2D eigenvalue weighted by atomic mass is 16.6. The number of nitrogens with zero attached hydrogens (tertiary/aromatic N) is 1. The van der Waals surface area contributed by atoms with Crippen LogP contribution < -0.4 is 5.32 Å². The van der Waals surface area contributed by atoms with Crippen molar-refractivity contribution < 1.29 is 19.2 Å². The number of nitrogens with one attached hydrogen (secondary N) is 1. The summed E-state index contributed by atoms with van der Waals surface area (Å²) in [4.78, 5) is 22.3. The summed E-state index contributed by atoms with van der Waals surface area (Å²) in [6.07, 6.45) is 1.49. The lowest BCUT2D eigenvalue weighted by molar-refractivity contribution is -0.384. The topological polar surface area (TPSA) is 90.7 Å². The third-order valence-corrected chi connectivity index (χ3v) is 3.65. The SMILES string of the molecule is COC(=O)c1ccc([N+](=O)[O-])c(NC2(C)CCOCC2)c1. The van der Waals surface area contributed by atoms with E-state index in [9.17, 15) is 14.9 Å². The molecule has 1 saturated heterocycles. The maximum Gasteiger partial charge on any atom is 0.337 e. The summed E-state index contributed by atoms with van der Waals surface area (Å²) in [6, 6.07) is 4.17. The van der Waals surface area contributed by atoms with E-state index in [1.54, 1.807) is 0 Å². The summed E-state index contributed by atoms with van der Waals surface area (Å²) in [6.45, 7) is 3.20. The van der Waals surface area contributed by atoms with E-state index in [1.165, 1.54) is 25.3 Å². The zero-order valence-corrected chi connectivity index (χ0v) is 12.0. The quantitative estimate of drug-likeness (QED) is 0.521. The van der Waals surface area contributed by atoms with Crippen LogP contribution in [0.25, 0.3) is 0 Å². The van der Waals surface area contributed by atoms with Crippen LogP contribution in [0.5, 0.6) is 0 Å². The van der Waals surface area contributed by atoms with Crippen molar-refractivity contribution in [3.8, 4) is 0 Å². The van der Waals surface area contributed by atoms with E-state index in [2.05, 4.69) is 10.1 Å². The maximum absolute atomic E-state index is 11.6. The Morgan fingerprint density at radius 1 is 1.43 bits per heavy atom. The number of rotatable bonds is 4. The van der Waals surface area contributed by atoms with Gasteiger partial charge in [-0.1, -0.05) is 0 Å². The summed E-state index contributed by atoms with van der Waals surface area (Å²) < 4.78 is 9.96. The molecule has 0 atom stereocenters. The van der Waals surface area contributed by atoms with Crippen LogP contribution in [0.4, 0.5) is 11.4 Å². The van der Waals surface area contributed by atoms with Crippen LogP contribution in [0.3, 0.4) is 0 Å². The summed E-state index contributed by atoms with van der Waals surface area (Å²) >= 11 is 0. The number of hydrogen-bond acceptors (Lipinski definition) is 6. The Labute approximate surface area is 122 Å². The number of anilines is 1. The molecule has 2 rings (SSSR count). The number of ether oxygens (including phenoxy) is 2. The molecule has 0 spiro atoms. The molecule has 7 nitrogen and oxygen atoms in total. The molecule has 1 fully saturated rings. The summed E-state index contributed by atoms with van der Waals surface area (Å²) in [5, 5.41) is 14.3. The number of carbonyl (C=O) groups excluding carboxylic acids is 1. The number of hydrogen-bond donors (Lipinski definition) is 1. The van der Waals surface area contributed by atoms with Gasteiger partial charge in [0.1, 0.15) is 5.69 Å². The molecule has 0 radical (unpaired) electrons. The van der Waals surface area contributed by atoms with Gasteiger partial charge < -0.3 is 14.8 Å². The molecule has 1 aliphatic rings. The monoisotopic (exact) mass is 294 g/mol. The van der Waals surface area contributed by atoms with Gasteiger partial charge in [-0.15, -0.1) is 0 Å². The molecule has 7 heteroatoms. The molecule has 1 aromatic carbocycles. The van der Waals surface area contributed by atoms with Gasteiger partial charge in [0.15, 0.2) is 0 Å². The van der Waals surface area contributed by atoms with Gasteiger partial charge in [-0.3, -0.25) is 10.1 Å². The second-order valence-corrected chi connectivity index (χ2v) is 5.28. The van der Waals surface area contributed by atoms with Gasteiger partial charge in [0.05, 0.1) is 17.6 Å². The minimum absolute atomic E-state index is 0.0598. The first-order valence-electron chi connectivity index (χ1n) is 6.68. The molecule has 0 saturated carbocycles. The fourth-order valence-electron chi connectivity index (χ4n) is 2.31. The van der Waals surface area contributed by atoms with Crippen molar-refractivity contribution in [2.45, 2.75) is 25.3 Å². The zero-order valence-electron chi connectivity index (χ0n) is 12.0. The van der Waals surface area contributed by atoms with Crippen molar-refractivity contribution in [1.29, 1.82) is 0 Å². The minimum atomic E-state index is -0.523. The largest absolute Gasteiger partial charge is 0.465 e. The zero-order chi connectivity index (χ0) is 15.5. The van der Waals surface area contributed by atoms with Gasteiger partial charge in [-0.25, -0.2) is 4.79 Å². The van der Waals surface area contributed by atoms with Crippen LogP contribution in [0.1, 0.15) is 30.1 Å². The Balaban J connectivity index is 2.34. The maximum atomic E-state index is 11.6. The number of methoxy groups -OCH3 is 1. The molecular formula is C14H18N2O5. The van der Waals surface area contributed by atoms with Gasteiger partial charge in [-0.2, -0.15) is 0 Å². The standard InChI is InChI=1S/C14H18N2O5/c1-14(5-7-21-8-6-14)15-11-9-10(13(17)20-2)3-4-12(11)16(18)19/h3-4,9,15H,5-8H2,1-2H3. The second kappa shape index (κ2) is 6.09. The number of benzene rings is 1. The first kappa shape index (κ1) is 15.2. The molecule has 0 amide bonds. The first-order valence-corrected chi connectivity index (χ1v) is 6.68. The summed E-state index contributed by atoms with van der Waals surface area (Å²) in [5.41, 5.74) is 0.251. The number of nitro groups is 1. The van der Waals surface area contributed by atoms with Crippen LogP contribution in [0, 0.1) is 10.1 Å². The molecule has 1 aromatic rings. The van der Waals surface area contributed by atoms with E-state index in [4.69, 9.17) is 4.74 Å². The van der Waals surface area contributed by atoms with E-state index in [-0.39, 0.29) is 16.8 Å². The van der Waals surface area contributed by atoms with Gasteiger partial charge in [0.2, 0.25) is 0 Å². The average Bonchev–Trinajstić information content (AvgIpc) is 2.46. The van der Waals surface area contributed by atoms with E-state index in [0.29, 0.717) is 18.9 Å². The molecular weight excluding hydrogens is 276 g/mol. The molecule has 1 heterocycles. The Kier molecular flexibility index (Phi) is 4.42. The summed E-state index contributed by atoms with van der Waals surface area (Å²) in [7, 11) is 1.27. The van der Waals surface area contributed by atoms with Gasteiger partial charge in [-0.05, 0) is 31.9 Å². The normalized spacial score (nSPS) is 17.0. The van der Waals surface area contributed by atoms with E-state index in [1.807, 2.05) is 6.92 Å². The number of carbonyl (C=O) groups is 1. The lowest BCUT2D eigenvalue weighted by Crippen LogP contribution is -2.40. The van der Waals surface area contributed by atoms with Crippen LogP contribution >= 0.6 is 0 Å². The van der Waals surface area contributed by atoms with Crippen molar-refractivity contribution in [2.24, 2.45) is 0 Å². The average molecular weight is 294 g/mol. The highest BCUT2D eigenvalue weighted by Crippen LogP contribution is 2.32. The number of nitro benzene ring substituents is 1. The fraction of sp³-hybridized carbons (Fsp3) is 0.500. The lowest BCUT2D eigenvalue weighted by atomic mass is 9.92. The Hall–Kier alpha value is -2.15. The molecule has 0 unspecified atom stereocenters. The van der Waals surface area contributed by atoms with Crippen LogP contribution in [-0.2, 0) is 9.47 Å². The van der Waals surface area contributed by atoms with Gasteiger partial charge in [0, 0.05) is 24.8 Å². The molecule has 1 aliphatic heterocycles. The molecule has 0 bridgehead atoms. The minimum Gasteiger partial charge on any atom is -0.465 e. The highest BCUT2D eigenvalue weighted by molar-refractivity contribution is 5.91. The number of esters is 1. The smallest absolute Gasteiger partial charge is 0.337 e. The predicted octanol–water partition coefficient (Wildman–Crippen LogP) is 2.36. The van der Waals surface area contributed by atoms with Gasteiger partial charge in [0.25, 0.3) is 5.69 Å². The summed E-state index contributed by atoms with van der Waals surface area (Å²) in [5.74, 6) is -0.523. The van der Waals surface area contributed by atoms with E-state index in [0.717, 1.165) is 12.8 Å². The third-order valence-electron chi connectivity index (χ3n) is 3.65. The molecule has 1 N–H and O–H groups in total. The van der Waals surface area contributed by atoms with Crippen molar-refractivity contribution in [3.05, 3.63) is 33.9 Å². The van der Waals surface area contributed by atoms with Crippen molar-refractivity contribution >= 4 is 17.3 Å². The Morgan fingerprint density at radius 3 is 2.67 bits per heavy atom. The molecule has 114 valence electrons. The molecule has 0 aromatic heterocycles. The van der Waals surface area contributed by atoms with Crippen molar-refractivity contribution in [2.75, 3.05) is 25.6 Å². The Bertz CT molecular complexity index is 552. The van der Waals surface area contributed by atoms with Crippen LogP contribution in [-0.4, -0.2) is 36.8 Å². The van der Waals surface area contributed by atoms with Crippen molar-refractivity contribution in [1.82, 2.24) is 0 Å². The predicted molar refractivity (Wildman–Crippen MR) is 76.5 cm³/mol. The van der Waals surface area contributed by atoms with Crippen LogP contribution in [0.15, 0.2) is 18.2 Å². The van der Waals surface area contributed by atoms with E-state index >= 15 is 0 Å².